The molecule has 0 unspecified atom stereocenters. The van der Waals surface area contributed by atoms with Crippen LogP contribution in [0.5, 0.6) is 0 Å². The molecule has 3 rings (SSSR count). The van der Waals surface area contributed by atoms with Crippen molar-refractivity contribution in [2.45, 2.75) is 11.3 Å². The third-order valence-electron chi connectivity index (χ3n) is 4.36. The van der Waals surface area contributed by atoms with Gasteiger partial charge in [-0.2, -0.15) is 26.4 Å². The first-order valence-electron chi connectivity index (χ1n) is 8.13. The van der Waals surface area contributed by atoms with E-state index in [4.69, 9.17) is 4.74 Å². The van der Waals surface area contributed by atoms with E-state index in [0.717, 1.165) is 0 Å². The molecule has 0 saturated carbocycles. The van der Waals surface area contributed by atoms with Crippen LogP contribution in [0.1, 0.15) is 6.42 Å². The topological polar surface area (TPSA) is 105 Å². The first-order chi connectivity index (χ1) is 11.8. The van der Waals surface area contributed by atoms with Crippen molar-refractivity contribution in [2.75, 3.05) is 52.5 Å². The van der Waals surface area contributed by atoms with Gasteiger partial charge in [-0.05, 0) is 6.42 Å². The largest absolute Gasteiger partial charge is 0.379 e. The Morgan fingerprint density at radius 2 is 1.52 bits per heavy atom. The highest BCUT2D eigenvalue weighted by Gasteiger charge is 2.35. The molecule has 2 aliphatic heterocycles. The molecule has 2 fully saturated rings. The molecule has 0 amide bonds. The number of sulfonamides is 1. The van der Waals surface area contributed by atoms with E-state index in [2.05, 4.69) is 5.10 Å². The number of aryl methyl sites for hydroxylation is 1. The van der Waals surface area contributed by atoms with Crippen LogP contribution in [-0.4, -0.2) is 92.0 Å². The molecule has 0 atom stereocenters. The molecular formula is C13H23N5O5S2. The summed E-state index contributed by atoms with van der Waals surface area (Å²) < 4.78 is 61.6. The summed E-state index contributed by atoms with van der Waals surface area (Å²) in [6, 6.07) is 0. The lowest BCUT2D eigenvalue weighted by atomic mass is 10.4. The Bertz CT molecular complexity index is 801. The molecule has 0 spiro atoms. The summed E-state index contributed by atoms with van der Waals surface area (Å²) >= 11 is 0. The highest BCUT2D eigenvalue weighted by atomic mass is 32.2. The molecule has 1 aromatic heterocycles. The van der Waals surface area contributed by atoms with Crippen molar-refractivity contribution in [3.63, 3.8) is 0 Å². The van der Waals surface area contributed by atoms with Gasteiger partial charge in [0, 0.05) is 52.5 Å². The standard InChI is InChI=1S/C13H23N5O5S2/c1-15-12-13(11-14-15)24(19,20)16-3-2-4-17(6-5-16)25(21,22)18-7-9-23-10-8-18/h11-12H,2-10H2,1H3. The van der Waals surface area contributed by atoms with Crippen molar-refractivity contribution in [3.05, 3.63) is 12.4 Å². The van der Waals surface area contributed by atoms with Crippen LogP contribution in [0.25, 0.3) is 0 Å². The van der Waals surface area contributed by atoms with Gasteiger partial charge in [-0.15, -0.1) is 0 Å². The molecule has 0 aromatic carbocycles. The monoisotopic (exact) mass is 393 g/mol. The molecule has 25 heavy (non-hydrogen) atoms. The Labute approximate surface area is 148 Å². The number of rotatable bonds is 4. The van der Waals surface area contributed by atoms with Crippen molar-refractivity contribution in [1.82, 2.24) is 22.7 Å². The zero-order chi connectivity index (χ0) is 18.1. The summed E-state index contributed by atoms with van der Waals surface area (Å²) in [5.41, 5.74) is 0. The lowest BCUT2D eigenvalue weighted by molar-refractivity contribution is 0.0702. The van der Waals surface area contributed by atoms with Crippen molar-refractivity contribution in [3.8, 4) is 0 Å². The van der Waals surface area contributed by atoms with Crippen molar-refractivity contribution < 1.29 is 21.6 Å². The third kappa shape index (κ3) is 3.88. The van der Waals surface area contributed by atoms with E-state index < -0.39 is 20.2 Å². The maximum absolute atomic E-state index is 12.7. The number of ether oxygens (including phenoxy) is 1. The first kappa shape index (κ1) is 18.7. The lowest BCUT2D eigenvalue weighted by Crippen LogP contribution is -2.49. The molecule has 0 N–H and O–H groups in total. The minimum absolute atomic E-state index is 0.125. The Morgan fingerprint density at radius 3 is 2.16 bits per heavy atom. The zero-order valence-corrected chi connectivity index (χ0v) is 15.7. The van der Waals surface area contributed by atoms with Crippen LogP contribution < -0.4 is 0 Å². The summed E-state index contributed by atoms with van der Waals surface area (Å²) in [5.74, 6) is 0. The zero-order valence-electron chi connectivity index (χ0n) is 14.1. The molecule has 12 heteroatoms. The Balaban J connectivity index is 1.72. The maximum atomic E-state index is 12.7. The number of aromatic nitrogens is 2. The molecule has 0 aliphatic carbocycles. The summed E-state index contributed by atoms with van der Waals surface area (Å²) in [7, 11) is -5.60. The second kappa shape index (κ2) is 7.29. The van der Waals surface area contributed by atoms with Gasteiger partial charge in [-0.1, -0.05) is 0 Å². The number of hydrogen-bond donors (Lipinski definition) is 0. The van der Waals surface area contributed by atoms with Crippen LogP contribution >= 0.6 is 0 Å². The molecule has 10 nitrogen and oxygen atoms in total. The molecule has 1 aromatic rings. The molecule has 0 bridgehead atoms. The van der Waals surface area contributed by atoms with E-state index in [-0.39, 0.29) is 24.5 Å². The Hall–Kier alpha value is -1.05. The second-order valence-electron chi connectivity index (χ2n) is 6.03. The molecule has 0 radical (unpaired) electrons. The number of hydrogen-bond acceptors (Lipinski definition) is 6. The quantitative estimate of drug-likeness (QED) is 0.629. The summed E-state index contributed by atoms with van der Waals surface area (Å²) in [6.07, 6.45) is 3.20. The smallest absolute Gasteiger partial charge is 0.282 e. The molecular weight excluding hydrogens is 370 g/mol. The minimum atomic E-state index is -3.66. The van der Waals surface area contributed by atoms with Gasteiger partial charge >= 0.3 is 0 Å². The first-order valence-corrected chi connectivity index (χ1v) is 11.0. The predicted molar refractivity (Wildman–Crippen MR) is 89.5 cm³/mol. The van der Waals surface area contributed by atoms with Crippen LogP contribution in [0.15, 0.2) is 17.3 Å². The Kier molecular flexibility index (Phi) is 5.46. The predicted octanol–water partition coefficient (Wildman–Crippen LogP) is -1.31. The van der Waals surface area contributed by atoms with Crippen molar-refractivity contribution >= 4 is 20.2 Å². The maximum Gasteiger partial charge on any atom is 0.282 e. The van der Waals surface area contributed by atoms with E-state index in [1.54, 1.807) is 7.05 Å². The van der Waals surface area contributed by atoms with Gasteiger partial charge in [0.1, 0.15) is 4.90 Å². The fourth-order valence-corrected chi connectivity index (χ4v) is 6.03. The number of nitrogens with zero attached hydrogens (tertiary/aromatic N) is 5. The third-order valence-corrected chi connectivity index (χ3v) is 8.24. The molecule has 2 aliphatic rings. The highest BCUT2D eigenvalue weighted by Crippen LogP contribution is 2.19. The van der Waals surface area contributed by atoms with Gasteiger partial charge in [-0.3, -0.25) is 4.68 Å². The summed E-state index contributed by atoms with van der Waals surface area (Å²) in [6.45, 7) is 2.28. The van der Waals surface area contributed by atoms with Gasteiger partial charge in [0.25, 0.3) is 10.2 Å². The Morgan fingerprint density at radius 1 is 0.920 bits per heavy atom. The minimum Gasteiger partial charge on any atom is -0.379 e. The van der Waals surface area contributed by atoms with Crippen LogP contribution in [0.3, 0.4) is 0 Å². The summed E-state index contributed by atoms with van der Waals surface area (Å²) in [5, 5.41) is 3.90. The van der Waals surface area contributed by atoms with Gasteiger partial charge in [-0.25, -0.2) is 8.42 Å². The fraction of sp³-hybridized carbons (Fsp3) is 0.769. The second-order valence-corrected chi connectivity index (χ2v) is 9.89. The van der Waals surface area contributed by atoms with Crippen molar-refractivity contribution in [2.24, 2.45) is 7.05 Å². The van der Waals surface area contributed by atoms with Gasteiger partial charge in [0.2, 0.25) is 10.0 Å². The average molecular weight is 393 g/mol. The van der Waals surface area contributed by atoms with Gasteiger partial charge in [0.15, 0.2) is 0 Å². The molecule has 2 saturated heterocycles. The molecule has 142 valence electrons. The van der Waals surface area contributed by atoms with Crippen molar-refractivity contribution in [1.29, 1.82) is 0 Å². The molecule has 3 heterocycles. The van der Waals surface area contributed by atoms with E-state index in [1.165, 1.54) is 30.0 Å². The van der Waals surface area contributed by atoms with Crippen LogP contribution in [0.2, 0.25) is 0 Å². The van der Waals surface area contributed by atoms with Crippen LogP contribution in [-0.2, 0) is 32.0 Å². The SMILES string of the molecule is Cn1cc(S(=O)(=O)N2CCCN(S(=O)(=O)N3CCOCC3)CC2)cn1. The van der Waals surface area contributed by atoms with Gasteiger partial charge in [0.05, 0.1) is 19.4 Å². The highest BCUT2D eigenvalue weighted by molar-refractivity contribution is 7.89. The van der Waals surface area contributed by atoms with Gasteiger partial charge < -0.3 is 4.74 Å². The van der Waals surface area contributed by atoms with E-state index >= 15 is 0 Å². The van der Waals surface area contributed by atoms with E-state index in [9.17, 15) is 16.8 Å². The summed E-state index contributed by atoms with van der Waals surface area (Å²) in [4.78, 5) is 0.125. The lowest BCUT2D eigenvalue weighted by Gasteiger charge is -2.31. The number of morpholine rings is 1. The average Bonchev–Trinajstić information content (AvgIpc) is 2.88. The fourth-order valence-electron chi connectivity index (χ4n) is 2.96. The van der Waals surface area contributed by atoms with E-state index in [1.807, 2.05) is 0 Å². The van der Waals surface area contributed by atoms with E-state index in [0.29, 0.717) is 39.3 Å². The normalized spacial score (nSPS) is 22.8. The van der Waals surface area contributed by atoms with Crippen LogP contribution in [0, 0.1) is 0 Å². The van der Waals surface area contributed by atoms with Crippen LogP contribution in [0.4, 0.5) is 0 Å².